The Morgan fingerprint density at radius 2 is 2.10 bits per heavy atom. The van der Waals surface area contributed by atoms with Gasteiger partial charge in [0.1, 0.15) is 5.82 Å². The lowest BCUT2D eigenvalue weighted by Crippen LogP contribution is -2.36. The van der Waals surface area contributed by atoms with Crippen LogP contribution in [0.5, 0.6) is 0 Å². The van der Waals surface area contributed by atoms with Gasteiger partial charge in [-0.15, -0.1) is 22.9 Å². The molecule has 0 saturated carbocycles. The molecule has 0 radical (unpaired) electrons. The fourth-order valence-corrected chi connectivity index (χ4v) is 3.07. The molecule has 1 aromatic carbocycles. The molecule has 0 fully saturated rings. The third-order valence-corrected chi connectivity index (χ3v) is 3.95. The summed E-state index contributed by atoms with van der Waals surface area (Å²) >= 11 is 6.61. The molecule has 0 bridgehead atoms. The van der Waals surface area contributed by atoms with Gasteiger partial charge in [-0.05, 0) is 23.6 Å². The molecule has 2 rings (SSSR count). The minimum atomic E-state index is -2.62. The fourth-order valence-electron chi connectivity index (χ4n) is 1.81. The van der Waals surface area contributed by atoms with Crippen molar-refractivity contribution in [1.82, 2.24) is 4.90 Å². The molecule has 0 atom stereocenters. The molecule has 0 spiro atoms. The highest BCUT2D eigenvalue weighted by atomic mass is 35.5. The van der Waals surface area contributed by atoms with Crippen molar-refractivity contribution in [3.8, 4) is 0 Å². The van der Waals surface area contributed by atoms with Gasteiger partial charge in [0.15, 0.2) is 0 Å². The van der Waals surface area contributed by atoms with Crippen LogP contribution >= 0.6 is 22.9 Å². The van der Waals surface area contributed by atoms with Gasteiger partial charge < -0.3 is 4.90 Å². The molecular weight excluding hydrogens is 311 g/mol. The van der Waals surface area contributed by atoms with Crippen molar-refractivity contribution in [2.24, 2.45) is 0 Å². The summed E-state index contributed by atoms with van der Waals surface area (Å²) in [6, 6.07) is 5.74. The Morgan fingerprint density at radius 3 is 2.75 bits per heavy atom. The van der Waals surface area contributed by atoms with Crippen molar-refractivity contribution in [1.29, 1.82) is 0 Å². The van der Waals surface area contributed by atoms with Crippen molar-refractivity contribution >= 4 is 38.9 Å². The molecule has 20 heavy (non-hydrogen) atoms. The maximum absolute atomic E-state index is 13.1. The number of hydrogen-bond acceptors (Lipinski definition) is 2. The number of benzene rings is 1. The van der Waals surface area contributed by atoms with Crippen LogP contribution in [0.1, 0.15) is 9.67 Å². The Bertz CT molecular complexity index is 617. The first kappa shape index (κ1) is 15.1. The molecule has 0 aliphatic rings. The molecule has 0 aliphatic carbocycles. The van der Waals surface area contributed by atoms with Crippen LogP contribution in [-0.2, 0) is 0 Å². The second-order valence-corrected chi connectivity index (χ2v) is 5.59. The van der Waals surface area contributed by atoms with E-state index in [9.17, 15) is 18.0 Å². The number of halogens is 4. The summed E-state index contributed by atoms with van der Waals surface area (Å²) in [6.45, 7) is -0.610. The molecule has 108 valence electrons. The van der Waals surface area contributed by atoms with E-state index in [0.717, 1.165) is 16.2 Å². The summed E-state index contributed by atoms with van der Waals surface area (Å²) < 4.78 is 38.6. The zero-order valence-electron chi connectivity index (χ0n) is 10.3. The Morgan fingerprint density at radius 1 is 1.35 bits per heavy atom. The fraction of sp³-hybridized carbons (Fsp3) is 0.308. The maximum Gasteiger partial charge on any atom is 0.264 e. The lowest BCUT2D eigenvalue weighted by molar-refractivity contribution is 0.0575. The molecule has 1 aromatic heterocycles. The Balaban J connectivity index is 2.28. The molecule has 0 aliphatic heterocycles. The average Bonchev–Trinajstić information content (AvgIpc) is 2.79. The van der Waals surface area contributed by atoms with Crippen molar-refractivity contribution < 1.29 is 18.0 Å². The third kappa shape index (κ3) is 3.43. The molecule has 1 heterocycles. The van der Waals surface area contributed by atoms with Crippen molar-refractivity contribution in [3.63, 3.8) is 0 Å². The van der Waals surface area contributed by atoms with Crippen LogP contribution in [-0.4, -0.2) is 36.2 Å². The number of nitrogens with zero attached hydrogens (tertiary/aromatic N) is 1. The molecule has 0 N–H and O–H groups in total. The molecule has 0 saturated heterocycles. The summed E-state index contributed by atoms with van der Waals surface area (Å²) in [5.41, 5.74) is 0. The highest BCUT2D eigenvalue weighted by molar-refractivity contribution is 7.20. The number of fused-ring (bicyclic) bond motifs is 1. The molecule has 2 aromatic rings. The highest BCUT2D eigenvalue weighted by Crippen LogP contribution is 2.27. The van der Waals surface area contributed by atoms with Crippen LogP contribution in [0, 0.1) is 5.82 Å². The Labute approximate surface area is 122 Å². The second-order valence-electron chi connectivity index (χ2n) is 4.12. The first-order valence-electron chi connectivity index (χ1n) is 5.83. The quantitative estimate of drug-likeness (QED) is 0.763. The van der Waals surface area contributed by atoms with Gasteiger partial charge in [-0.1, -0.05) is 6.07 Å². The van der Waals surface area contributed by atoms with Crippen LogP contribution in [0.2, 0.25) is 0 Å². The standard InChI is InChI=1S/C13H11ClF3NOS/c14-3-4-18(7-12(16)17)13(19)11-5-8-1-2-9(15)6-10(8)20-11/h1-2,5-6,12H,3-4,7H2. The number of rotatable bonds is 5. The van der Waals surface area contributed by atoms with Gasteiger partial charge in [0.25, 0.3) is 12.3 Å². The van der Waals surface area contributed by atoms with Crippen LogP contribution in [0.3, 0.4) is 0 Å². The van der Waals surface area contributed by atoms with Crippen LogP contribution in [0.25, 0.3) is 10.1 Å². The van der Waals surface area contributed by atoms with Gasteiger partial charge in [0, 0.05) is 17.1 Å². The van der Waals surface area contributed by atoms with E-state index in [1.807, 2.05) is 0 Å². The number of carbonyl (C=O) groups is 1. The van der Waals surface area contributed by atoms with E-state index in [0.29, 0.717) is 15.0 Å². The molecule has 2 nitrogen and oxygen atoms in total. The summed E-state index contributed by atoms with van der Waals surface area (Å²) in [4.78, 5) is 13.5. The zero-order valence-corrected chi connectivity index (χ0v) is 11.9. The van der Waals surface area contributed by atoms with E-state index >= 15 is 0 Å². The second kappa shape index (κ2) is 6.45. The smallest absolute Gasteiger partial charge is 0.264 e. The van der Waals surface area contributed by atoms with Crippen LogP contribution in [0.15, 0.2) is 24.3 Å². The topological polar surface area (TPSA) is 20.3 Å². The lowest BCUT2D eigenvalue weighted by Gasteiger charge is -2.20. The maximum atomic E-state index is 13.1. The number of amides is 1. The first-order chi connectivity index (χ1) is 9.51. The predicted molar refractivity (Wildman–Crippen MR) is 74.4 cm³/mol. The minimum absolute atomic E-state index is 0.0489. The van der Waals surface area contributed by atoms with Crippen LogP contribution < -0.4 is 0 Å². The number of hydrogen-bond donors (Lipinski definition) is 0. The molecule has 1 amide bonds. The minimum Gasteiger partial charge on any atom is -0.331 e. The van der Waals surface area contributed by atoms with E-state index in [1.54, 1.807) is 12.1 Å². The Kier molecular flexibility index (Phi) is 4.88. The van der Waals surface area contributed by atoms with Crippen molar-refractivity contribution in [2.45, 2.75) is 6.43 Å². The summed E-state index contributed by atoms with van der Waals surface area (Å²) in [5, 5.41) is 0.711. The van der Waals surface area contributed by atoms with Gasteiger partial charge in [0.2, 0.25) is 0 Å². The van der Waals surface area contributed by atoms with E-state index in [1.165, 1.54) is 12.1 Å². The number of carbonyl (C=O) groups excluding carboxylic acids is 1. The van der Waals surface area contributed by atoms with E-state index in [2.05, 4.69) is 0 Å². The number of thiophene rings is 1. The summed E-state index contributed by atoms with van der Waals surface area (Å²) in [5.74, 6) is -0.825. The van der Waals surface area contributed by atoms with Gasteiger partial charge >= 0.3 is 0 Å². The average molecular weight is 322 g/mol. The monoisotopic (exact) mass is 321 g/mol. The highest BCUT2D eigenvalue weighted by Gasteiger charge is 2.21. The van der Waals surface area contributed by atoms with Crippen LogP contribution in [0.4, 0.5) is 13.2 Å². The normalized spacial score (nSPS) is 11.2. The predicted octanol–water partition coefficient (Wildman–Crippen LogP) is 3.99. The van der Waals surface area contributed by atoms with Crippen molar-refractivity contribution in [3.05, 3.63) is 35.0 Å². The van der Waals surface area contributed by atoms with Gasteiger partial charge in [-0.2, -0.15) is 0 Å². The van der Waals surface area contributed by atoms with E-state index < -0.39 is 24.7 Å². The number of alkyl halides is 3. The molecule has 0 unspecified atom stereocenters. The summed E-state index contributed by atoms with van der Waals surface area (Å²) in [7, 11) is 0. The largest absolute Gasteiger partial charge is 0.331 e. The van der Waals surface area contributed by atoms with E-state index in [4.69, 9.17) is 11.6 Å². The van der Waals surface area contributed by atoms with Gasteiger partial charge in [-0.3, -0.25) is 4.79 Å². The first-order valence-corrected chi connectivity index (χ1v) is 7.19. The van der Waals surface area contributed by atoms with Gasteiger partial charge in [-0.25, -0.2) is 13.2 Å². The van der Waals surface area contributed by atoms with Gasteiger partial charge in [0.05, 0.1) is 11.4 Å². The van der Waals surface area contributed by atoms with E-state index in [-0.39, 0.29) is 12.4 Å². The Hall–Kier alpha value is -1.27. The molecular formula is C13H11ClF3NOS. The SMILES string of the molecule is O=C(c1cc2ccc(F)cc2s1)N(CCCl)CC(F)F. The van der Waals surface area contributed by atoms with Crippen molar-refractivity contribution in [2.75, 3.05) is 19.0 Å². The third-order valence-electron chi connectivity index (χ3n) is 2.69. The molecule has 7 heteroatoms. The summed E-state index contributed by atoms with van der Waals surface area (Å²) in [6.07, 6.45) is -2.62. The lowest BCUT2D eigenvalue weighted by atomic mass is 10.2. The zero-order chi connectivity index (χ0) is 14.7.